The number of carbonyl (C=O) groups is 1. The normalized spacial score (nSPS) is 14.7. The van der Waals surface area contributed by atoms with Crippen molar-refractivity contribution in [3.8, 4) is 5.75 Å². The number of pyridine rings is 1. The third kappa shape index (κ3) is 6.50. The molecule has 182 valence electrons. The average molecular weight is 498 g/mol. The van der Waals surface area contributed by atoms with E-state index in [0.717, 1.165) is 23.3 Å². The summed E-state index contributed by atoms with van der Waals surface area (Å²) in [4.78, 5) is 15.9. The molecule has 0 radical (unpaired) electrons. The van der Waals surface area contributed by atoms with Crippen LogP contribution >= 0.6 is 0 Å². The molecule has 35 heavy (non-hydrogen) atoms. The third-order valence-corrected chi connectivity index (χ3v) is 7.14. The Bertz CT molecular complexity index is 1290. The van der Waals surface area contributed by atoms with Crippen LogP contribution in [-0.4, -0.2) is 49.9 Å². The minimum absolute atomic E-state index is 0.147. The number of amides is 1. The monoisotopic (exact) mass is 497 g/mol. The Kier molecular flexibility index (Phi) is 7.86. The molecule has 2 aromatic carbocycles. The molecular formula is C25H24FN3O5S. The summed E-state index contributed by atoms with van der Waals surface area (Å²) < 4.78 is 52.0. The summed E-state index contributed by atoms with van der Waals surface area (Å²) in [6, 6.07) is 14.4. The highest BCUT2D eigenvalue weighted by Gasteiger charge is 2.29. The molecular weight excluding hydrogens is 473 g/mol. The van der Waals surface area contributed by atoms with Crippen molar-refractivity contribution >= 4 is 27.7 Å². The van der Waals surface area contributed by atoms with E-state index in [4.69, 9.17) is 9.47 Å². The number of sulfonamides is 1. The van der Waals surface area contributed by atoms with Gasteiger partial charge in [-0.2, -0.15) is 4.31 Å². The van der Waals surface area contributed by atoms with Gasteiger partial charge in [-0.15, -0.1) is 0 Å². The number of anilines is 1. The van der Waals surface area contributed by atoms with Gasteiger partial charge in [-0.25, -0.2) is 12.8 Å². The van der Waals surface area contributed by atoms with Gasteiger partial charge in [0.05, 0.1) is 13.2 Å². The van der Waals surface area contributed by atoms with E-state index in [1.54, 1.807) is 42.7 Å². The number of morpholine rings is 1. The summed E-state index contributed by atoms with van der Waals surface area (Å²) in [7, 11) is -4.04. The third-order valence-electron chi connectivity index (χ3n) is 5.22. The highest BCUT2D eigenvalue weighted by atomic mass is 32.2. The largest absolute Gasteiger partial charge is 0.489 e. The van der Waals surface area contributed by atoms with Gasteiger partial charge in [0.25, 0.3) is 0 Å². The van der Waals surface area contributed by atoms with Gasteiger partial charge in [-0.3, -0.25) is 9.78 Å². The molecule has 8 nitrogen and oxygen atoms in total. The van der Waals surface area contributed by atoms with Crippen LogP contribution < -0.4 is 10.1 Å². The van der Waals surface area contributed by atoms with E-state index in [9.17, 15) is 17.6 Å². The fourth-order valence-electron chi connectivity index (χ4n) is 3.39. The highest BCUT2D eigenvalue weighted by molar-refractivity contribution is 7.89. The molecule has 4 rings (SSSR count). The first-order valence-electron chi connectivity index (χ1n) is 10.9. The Hall–Kier alpha value is -3.60. The molecule has 1 N–H and O–H groups in total. The van der Waals surface area contributed by atoms with Gasteiger partial charge in [-0.1, -0.05) is 18.2 Å². The molecule has 10 heteroatoms. The SMILES string of the molecule is O=C(/C=C/c1ccc(OCc2cccnc2)cc1)Nc1ccc(F)c(S(=O)(=O)N2CCOCC2)c1. The molecule has 0 aliphatic carbocycles. The summed E-state index contributed by atoms with van der Waals surface area (Å²) in [5.74, 6) is -0.685. The first-order valence-corrected chi connectivity index (χ1v) is 12.3. The summed E-state index contributed by atoms with van der Waals surface area (Å²) >= 11 is 0. The Morgan fingerprint density at radius 1 is 1.14 bits per heavy atom. The second kappa shape index (κ2) is 11.2. The van der Waals surface area contributed by atoms with Gasteiger partial charge >= 0.3 is 0 Å². The maximum Gasteiger partial charge on any atom is 0.248 e. The summed E-state index contributed by atoms with van der Waals surface area (Å²) in [6.45, 7) is 1.19. The number of halogens is 1. The zero-order valence-corrected chi connectivity index (χ0v) is 19.6. The number of hydrogen-bond acceptors (Lipinski definition) is 6. The number of aromatic nitrogens is 1. The average Bonchev–Trinajstić information content (AvgIpc) is 2.89. The van der Waals surface area contributed by atoms with Crippen molar-refractivity contribution in [2.24, 2.45) is 0 Å². The van der Waals surface area contributed by atoms with E-state index in [0.29, 0.717) is 12.4 Å². The molecule has 0 saturated carbocycles. The fourth-order valence-corrected chi connectivity index (χ4v) is 4.88. The lowest BCUT2D eigenvalue weighted by Gasteiger charge is -2.26. The van der Waals surface area contributed by atoms with Crippen LogP contribution in [0.1, 0.15) is 11.1 Å². The van der Waals surface area contributed by atoms with Crippen LogP contribution in [0.4, 0.5) is 10.1 Å². The Morgan fingerprint density at radius 3 is 2.63 bits per heavy atom. The molecule has 1 fully saturated rings. The number of rotatable bonds is 8. The van der Waals surface area contributed by atoms with Crippen molar-refractivity contribution in [1.29, 1.82) is 0 Å². The summed E-state index contributed by atoms with van der Waals surface area (Å²) in [6.07, 6.45) is 6.35. The van der Waals surface area contributed by atoms with E-state index in [2.05, 4.69) is 10.3 Å². The molecule has 1 aliphatic rings. The van der Waals surface area contributed by atoms with Gasteiger partial charge in [0, 0.05) is 42.8 Å². The minimum atomic E-state index is -4.04. The quantitative estimate of drug-likeness (QED) is 0.479. The maximum atomic E-state index is 14.3. The van der Waals surface area contributed by atoms with Crippen molar-refractivity contribution in [3.63, 3.8) is 0 Å². The highest BCUT2D eigenvalue weighted by Crippen LogP contribution is 2.24. The Labute approximate surface area is 203 Å². The van der Waals surface area contributed by atoms with Gasteiger partial charge < -0.3 is 14.8 Å². The van der Waals surface area contributed by atoms with Crippen LogP contribution in [-0.2, 0) is 26.2 Å². The maximum absolute atomic E-state index is 14.3. The van der Waals surface area contributed by atoms with Gasteiger partial charge in [0.15, 0.2) is 0 Å². The van der Waals surface area contributed by atoms with Crippen molar-refractivity contribution in [2.75, 3.05) is 31.6 Å². The molecule has 1 aliphatic heterocycles. The lowest BCUT2D eigenvalue weighted by Crippen LogP contribution is -2.40. The Balaban J connectivity index is 1.36. The number of carbonyl (C=O) groups excluding carboxylic acids is 1. The van der Waals surface area contributed by atoms with E-state index in [1.807, 2.05) is 12.1 Å². The van der Waals surface area contributed by atoms with Crippen LogP contribution in [0, 0.1) is 5.82 Å². The molecule has 1 amide bonds. The fraction of sp³-hybridized carbons (Fsp3) is 0.200. The standard InChI is InChI=1S/C25H24FN3O5S/c26-23-9-6-21(16-24(23)35(31,32)29-12-14-33-15-13-29)28-25(30)10-5-19-3-7-22(8-4-19)34-18-20-2-1-11-27-17-20/h1-11,16-17H,12-15,18H2,(H,28,30)/b10-5+. The van der Waals surface area contributed by atoms with Crippen molar-refractivity contribution in [1.82, 2.24) is 9.29 Å². The van der Waals surface area contributed by atoms with Crippen molar-refractivity contribution < 1.29 is 27.1 Å². The predicted molar refractivity (Wildman–Crippen MR) is 129 cm³/mol. The zero-order chi connectivity index (χ0) is 24.7. The first kappa shape index (κ1) is 24.5. The van der Waals surface area contributed by atoms with Crippen LogP contribution in [0.5, 0.6) is 5.75 Å². The topological polar surface area (TPSA) is 97.8 Å². The van der Waals surface area contributed by atoms with E-state index < -0.39 is 26.6 Å². The zero-order valence-electron chi connectivity index (χ0n) is 18.8. The summed E-state index contributed by atoms with van der Waals surface area (Å²) in [5, 5.41) is 2.57. The lowest BCUT2D eigenvalue weighted by atomic mass is 10.2. The van der Waals surface area contributed by atoms with E-state index in [-0.39, 0.29) is 32.0 Å². The number of hydrogen-bond donors (Lipinski definition) is 1. The second-order valence-electron chi connectivity index (χ2n) is 7.70. The van der Waals surface area contributed by atoms with Crippen LogP contribution in [0.3, 0.4) is 0 Å². The minimum Gasteiger partial charge on any atom is -0.489 e. The summed E-state index contributed by atoms with van der Waals surface area (Å²) in [5.41, 5.74) is 1.89. The molecule has 0 unspecified atom stereocenters. The van der Waals surface area contributed by atoms with Crippen LogP contribution in [0.2, 0.25) is 0 Å². The van der Waals surface area contributed by atoms with Crippen LogP contribution in [0.15, 0.2) is 78.0 Å². The van der Waals surface area contributed by atoms with Gasteiger partial charge in [0.1, 0.15) is 23.1 Å². The smallest absolute Gasteiger partial charge is 0.248 e. The molecule has 0 bridgehead atoms. The number of nitrogens with zero attached hydrogens (tertiary/aromatic N) is 2. The molecule has 1 aromatic heterocycles. The molecule has 1 saturated heterocycles. The van der Waals surface area contributed by atoms with E-state index in [1.165, 1.54) is 16.4 Å². The molecule has 3 aromatic rings. The van der Waals surface area contributed by atoms with Gasteiger partial charge in [-0.05, 0) is 48.0 Å². The predicted octanol–water partition coefficient (Wildman–Crippen LogP) is 3.47. The molecule has 2 heterocycles. The van der Waals surface area contributed by atoms with Crippen LogP contribution in [0.25, 0.3) is 6.08 Å². The van der Waals surface area contributed by atoms with Gasteiger partial charge in [0.2, 0.25) is 15.9 Å². The van der Waals surface area contributed by atoms with E-state index >= 15 is 0 Å². The number of benzene rings is 2. The first-order chi connectivity index (χ1) is 16.9. The lowest BCUT2D eigenvalue weighted by molar-refractivity contribution is -0.111. The Morgan fingerprint density at radius 2 is 1.91 bits per heavy atom. The van der Waals surface area contributed by atoms with Crippen molar-refractivity contribution in [3.05, 3.63) is 90.0 Å². The van der Waals surface area contributed by atoms with Crippen molar-refractivity contribution in [2.45, 2.75) is 11.5 Å². The molecule has 0 spiro atoms. The molecule has 0 atom stereocenters. The number of nitrogens with one attached hydrogen (secondary N) is 1. The second-order valence-corrected chi connectivity index (χ2v) is 9.61. The number of ether oxygens (including phenoxy) is 2.